The van der Waals surface area contributed by atoms with Crippen molar-refractivity contribution in [2.75, 3.05) is 11.9 Å². The Bertz CT molecular complexity index is 980. The molecule has 0 fully saturated rings. The number of nitrogens with zero attached hydrogens (tertiary/aromatic N) is 3. The Kier molecular flexibility index (Phi) is 5.26. The molecule has 0 amide bonds. The highest BCUT2D eigenvalue weighted by atomic mass is 79.9. The first-order valence-electron chi connectivity index (χ1n) is 7.64. The summed E-state index contributed by atoms with van der Waals surface area (Å²) in [6.45, 7) is -0.0107. The number of nitrogens with one attached hydrogen (secondary N) is 1. The zero-order chi connectivity index (χ0) is 20.7. The molecular formula is C16H10BrF7N4. The van der Waals surface area contributed by atoms with Gasteiger partial charge >= 0.3 is 12.4 Å². The van der Waals surface area contributed by atoms with Crippen LogP contribution in [-0.4, -0.2) is 21.1 Å². The summed E-state index contributed by atoms with van der Waals surface area (Å²) in [4.78, 5) is 2.76. The van der Waals surface area contributed by atoms with E-state index < -0.39 is 40.0 Å². The van der Waals surface area contributed by atoms with Gasteiger partial charge in [-0.1, -0.05) is 28.1 Å². The summed E-state index contributed by atoms with van der Waals surface area (Å²) in [6.07, 6.45) is -9.69. The lowest BCUT2D eigenvalue weighted by atomic mass is 10.1. The van der Waals surface area contributed by atoms with Crippen LogP contribution in [0.2, 0.25) is 0 Å². The predicted molar refractivity (Wildman–Crippen MR) is 89.5 cm³/mol. The molecule has 0 radical (unpaired) electrons. The number of hydrogen-bond acceptors (Lipinski definition) is 3. The predicted octanol–water partition coefficient (Wildman–Crippen LogP) is 5.45. The maximum Gasteiger partial charge on any atom is 0.435 e. The molecule has 1 N–H and O–H groups in total. The fourth-order valence-corrected chi connectivity index (χ4v) is 2.83. The average Bonchev–Trinajstić information content (AvgIpc) is 3.04. The van der Waals surface area contributed by atoms with Crippen LogP contribution in [-0.2, 0) is 12.4 Å². The third kappa shape index (κ3) is 4.37. The fourth-order valence-electron chi connectivity index (χ4n) is 2.37. The van der Waals surface area contributed by atoms with Gasteiger partial charge in [-0.15, -0.1) is 0 Å². The summed E-state index contributed by atoms with van der Waals surface area (Å²) in [5.41, 5.74) is -2.70. The Morgan fingerprint density at radius 2 is 1.57 bits per heavy atom. The Balaban J connectivity index is 1.95. The number of halogens is 8. The molecule has 0 aliphatic rings. The van der Waals surface area contributed by atoms with Crippen LogP contribution in [0.3, 0.4) is 0 Å². The summed E-state index contributed by atoms with van der Waals surface area (Å²) in [7, 11) is 0. The van der Waals surface area contributed by atoms with Crippen molar-refractivity contribution in [3.63, 3.8) is 0 Å². The van der Waals surface area contributed by atoms with Crippen LogP contribution in [0.15, 0.2) is 36.4 Å². The van der Waals surface area contributed by atoms with Crippen molar-refractivity contribution in [2.45, 2.75) is 17.2 Å². The second-order valence-corrected chi connectivity index (χ2v) is 6.83. The Hall–Kier alpha value is -2.37. The molecule has 0 saturated carbocycles. The van der Waals surface area contributed by atoms with E-state index in [0.29, 0.717) is 22.2 Å². The Morgan fingerprint density at radius 1 is 0.964 bits per heavy atom. The third-order valence-electron chi connectivity index (χ3n) is 3.70. The van der Waals surface area contributed by atoms with Crippen LogP contribution >= 0.6 is 15.9 Å². The molecule has 0 saturated heterocycles. The largest absolute Gasteiger partial charge is 0.435 e. The van der Waals surface area contributed by atoms with Crippen LogP contribution in [0, 0.1) is 5.82 Å². The van der Waals surface area contributed by atoms with E-state index in [1.807, 2.05) is 0 Å². The van der Waals surface area contributed by atoms with Gasteiger partial charge in [0.05, 0.1) is 4.83 Å². The van der Waals surface area contributed by atoms with Crippen molar-refractivity contribution >= 4 is 27.4 Å². The van der Waals surface area contributed by atoms with E-state index in [1.165, 1.54) is 24.3 Å². The molecule has 3 rings (SSSR count). The van der Waals surface area contributed by atoms with Crippen LogP contribution in [0.4, 0.5) is 36.6 Å². The topological polar surface area (TPSA) is 42.2 Å². The normalized spacial score (nSPS) is 13.7. The molecule has 4 nitrogen and oxygen atoms in total. The van der Waals surface area contributed by atoms with Gasteiger partial charge in [0.25, 0.3) is 0 Å². The van der Waals surface area contributed by atoms with Crippen LogP contribution in [0.5, 0.6) is 0 Å². The second-order valence-electron chi connectivity index (χ2n) is 5.72. The van der Waals surface area contributed by atoms with Crippen molar-refractivity contribution in [1.82, 2.24) is 14.6 Å². The smallest absolute Gasteiger partial charge is 0.368 e. The highest BCUT2D eigenvalue weighted by Crippen LogP contribution is 2.33. The average molecular weight is 471 g/mol. The molecule has 0 spiro atoms. The molecule has 1 aromatic carbocycles. The molecule has 28 heavy (non-hydrogen) atoms. The summed E-state index contributed by atoms with van der Waals surface area (Å²) < 4.78 is 91.4. The lowest BCUT2D eigenvalue weighted by Crippen LogP contribution is -2.15. The van der Waals surface area contributed by atoms with E-state index in [9.17, 15) is 30.7 Å². The first-order chi connectivity index (χ1) is 12.9. The number of hydrogen-bond donors (Lipinski definition) is 1. The van der Waals surface area contributed by atoms with E-state index in [4.69, 9.17) is 0 Å². The SMILES string of the molecule is Fc1ccc(C(Br)CNc2cc(C(F)(F)F)nc3cc(C(F)(F)F)nn23)cc1. The first-order valence-corrected chi connectivity index (χ1v) is 8.55. The van der Waals surface area contributed by atoms with Crippen LogP contribution in [0.25, 0.3) is 5.65 Å². The second kappa shape index (κ2) is 7.22. The monoisotopic (exact) mass is 470 g/mol. The van der Waals surface area contributed by atoms with Gasteiger partial charge in [0, 0.05) is 18.7 Å². The van der Waals surface area contributed by atoms with Gasteiger partial charge in [-0.3, -0.25) is 0 Å². The quantitative estimate of drug-likeness (QED) is 0.407. The van der Waals surface area contributed by atoms with Gasteiger partial charge in [-0.2, -0.15) is 36.0 Å². The maximum absolute atomic E-state index is 13.1. The van der Waals surface area contributed by atoms with E-state index in [-0.39, 0.29) is 12.4 Å². The first kappa shape index (κ1) is 20.4. The molecule has 1 unspecified atom stereocenters. The Labute approximate surface area is 161 Å². The molecule has 0 aliphatic carbocycles. The number of rotatable bonds is 4. The molecule has 12 heteroatoms. The summed E-state index contributed by atoms with van der Waals surface area (Å²) in [6, 6.07) is 6.36. The molecule has 1 atom stereocenters. The molecule has 0 bridgehead atoms. The lowest BCUT2D eigenvalue weighted by Gasteiger charge is -2.15. The van der Waals surface area contributed by atoms with E-state index in [2.05, 4.69) is 31.3 Å². The fraction of sp³-hybridized carbons (Fsp3) is 0.250. The summed E-state index contributed by atoms with van der Waals surface area (Å²) in [5, 5.41) is 5.93. The van der Waals surface area contributed by atoms with Crippen molar-refractivity contribution in [2.24, 2.45) is 0 Å². The highest BCUT2D eigenvalue weighted by Gasteiger charge is 2.37. The van der Waals surface area contributed by atoms with E-state index in [0.717, 1.165) is 0 Å². The molecule has 2 aromatic heterocycles. The zero-order valence-electron chi connectivity index (χ0n) is 13.6. The summed E-state index contributed by atoms with van der Waals surface area (Å²) >= 11 is 3.29. The minimum absolute atomic E-state index is 0.0107. The van der Waals surface area contributed by atoms with Crippen molar-refractivity contribution in [3.8, 4) is 0 Å². The number of fused-ring (bicyclic) bond motifs is 1. The number of aromatic nitrogens is 3. The minimum Gasteiger partial charge on any atom is -0.368 e. The Morgan fingerprint density at radius 3 is 2.14 bits per heavy atom. The van der Waals surface area contributed by atoms with E-state index >= 15 is 0 Å². The van der Waals surface area contributed by atoms with Crippen LogP contribution < -0.4 is 5.32 Å². The highest BCUT2D eigenvalue weighted by molar-refractivity contribution is 9.09. The molecule has 2 heterocycles. The minimum atomic E-state index is -4.86. The molecular weight excluding hydrogens is 461 g/mol. The molecule has 0 aliphatic heterocycles. The van der Waals surface area contributed by atoms with Crippen molar-refractivity contribution in [3.05, 3.63) is 59.2 Å². The lowest BCUT2D eigenvalue weighted by molar-refractivity contribution is -0.142. The maximum atomic E-state index is 13.1. The van der Waals surface area contributed by atoms with Gasteiger partial charge in [-0.05, 0) is 17.7 Å². The number of anilines is 1. The standard InChI is InChI=1S/C16H10BrF7N4/c17-10(8-1-3-9(18)4-2-8)7-25-13-5-11(15(19,20)21)26-14-6-12(16(22,23)24)27-28(13)14/h1-6,10,25H,7H2. The van der Waals surface area contributed by atoms with Crippen molar-refractivity contribution < 1.29 is 30.7 Å². The van der Waals surface area contributed by atoms with Gasteiger partial charge in [0.1, 0.15) is 11.6 Å². The van der Waals surface area contributed by atoms with E-state index in [1.54, 1.807) is 0 Å². The zero-order valence-corrected chi connectivity index (χ0v) is 15.2. The molecule has 3 aromatic rings. The van der Waals surface area contributed by atoms with Gasteiger partial charge < -0.3 is 5.32 Å². The van der Waals surface area contributed by atoms with Gasteiger partial charge in [0.15, 0.2) is 17.0 Å². The van der Waals surface area contributed by atoms with Crippen LogP contribution in [0.1, 0.15) is 21.8 Å². The molecule has 150 valence electrons. The van der Waals surface area contributed by atoms with Gasteiger partial charge in [-0.25, -0.2) is 9.37 Å². The summed E-state index contributed by atoms with van der Waals surface area (Å²) in [5.74, 6) is -0.780. The third-order valence-corrected chi connectivity index (χ3v) is 4.55. The number of alkyl halides is 7. The van der Waals surface area contributed by atoms with Crippen molar-refractivity contribution in [1.29, 1.82) is 0 Å². The number of benzene rings is 1. The van der Waals surface area contributed by atoms with Gasteiger partial charge in [0.2, 0.25) is 0 Å².